The molecule has 0 aliphatic rings. The minimum atomic E-state index is 0.0288. The van der Waals surface area contributed by atoms with E-state index >= 15 is 0 Å². The van der Waals surface area contributed by atoms with E-state index in [1.807, 2.05) is 6.92 Å². The number of hydrogen-bond acceptors (Lipinski definition) is 2. The summed E-state index contributed by atoms with van der Waals surface area (Å²) in [4.78, 5) is 11.4. The van der Waals surface area contributed by atoms with Crippen LogP contribution in [-0.4, -0.2) is 11.8 Å². The molecule has 0 amide bonds. The Labute approximate surface area is 107 Å². The number of Topliss-reactive ketones (excluding diaryl/α,β-unsaturated/α-hetero) is 1. The van der Waals surface area contributed by atoms with Crippen molar-refractivity contribution in [3.63, 3.8) is 0 Å². The lowest BCUT2D eigenvalue weighted by atomic mass is 10.0. The first-order chi connectivity index (χ1) is 8.16. The van der Waals surface area contributed by atoms with Gasteiger partial charge in [-0.05, 0) is 13.3 Å². The normalized spacial score (nSPS) is 12.6. The Morgan fingerprint density at radius 3 is 1.88 bits per heavy atom. The molecule has 0 aromatic carbocycles. The molecule has 2 heteroatoms. The van der Waals surface area contributed by atoms with Gasteiger partial charge in [-0.2, -0.15) is 0 Å². The van der Waals surface area contributed by atoms with Gasteiger partial charge in [-0.1, -0.05) is 58.3 Å². The Bertz CT molecular complexity index is 178. The van der Waals surface area contributed by atoms with E-state index in [1.54, 1.807) is 0 Å². The third kappa shape index (κ3) is 13.6. The first kappa shape index (κ1) is 16.6. The maximum atomic E-state index is 11.4. The minimum absolute atomic E-state index is 0.0288. The molecule has 0 spiro atoms. The topological polar surface area (TPSA) is 43.1 Å². The summed E-state index contributed by atoms with van der Waals surface area (Å²) in [5.41, 5.74) is 5.58. The van der Waals surface area contributed by atoms with E-state index in [4.69, 9.17) is 5.73 Å². The van der Waals surface area contributed by atoms with Crippen molar-refractivity contribution in [2.45, 2.75) is 90.5 Å². The summed E-state index contributed by atoms with van der Waals surface area (Å²) in [6.07, 6.45) is 13.0. The van der Waals surface area contributed by atoms with Gasteiger partial charge < -0.3 is 5.73 Å². The Morgan fingerprint density at radius 1 is 0.941 bits per heavy atom. The quantitative estimate of drug-likeness (QED) is 0.520. The van der Waals surface area contributed by atoms with E-state index in [0.717, 1.165) is 12.8 Å². The second kappa shape index (κ2) is 12.1. The number of rotatable bonds is 12. The fourth-order valence-corrected chi connectivity index (χ4v) is 2.09. The molecule has 0 aromatic rings. The number of unbranched alkanes of at least 4 members (excludes halogenated alkanes) is 8. The minimum Gasteiger partial charge on any atom is -0.328 e. The van der Waals surface area contributed by atoms with Crippen molar-refractivity contribution in [1.82, 2.24) is 0 Å². The van der Waals surface area contributed by atoms with Gasteiger partial charge in [0.2, 0.25) is 0 Å². The second-order valence-corrected chi connectivity index (χ2v) is 5.30. The smallest absolute Gasteiger partial charge is 0.134 e. The molecular formula is C15H31NO. The summed E-state index contributed by atoms with van der Waals surface area (Å²) in [6.45, 7) is 4.15. The lowest BCUT2D eigenvalue weighted by molar-refractivity contribution is -0.119. The van der Waals surface area contributed by atoms with E-state index in [-0.39, 0.29) is 6.04 Å². The summed E-state index contributed by atoms with van der Waals surface area (Å²) in [6, 6.07) is 0.0288. The average molecular weight is 241 g/mol. The van der Waals surface area contributed by atoms with Gasteiger partial charge in [0.1, 0.15) is 5.78 Å². The molecule has 0 rings (SSSR count). The molecule has 0 aromatic heterocycles. The molecule has 17 heavy (non-hydrogen) atoms. The molecular weight excluding hydrogens is 210 g/mol. The standard InChI is InChI=1S/C15H31NO/c1-3-4-5-6-7-8-9-10-11-12-15(17)13-14(2)16/h14H,3-13,16H2,1-2H3. The van der Waals surface area contributed by atoms with Crippen molar-refractivity contribution >= 4 is 5.78 Å². The molecule has 0 aliphatic carbocycles. The van der Waals surface area contributed by atoms with Crippen LogP contribution in [0.1, 0.15) is 84.5 Å². The maximum Gasteiger partial charge on any atom is 0.134 e. The number of nitrogens with two attached hydrogens (primary N) is 1. The van der Waals surface area contributed by atoms with Crippen molar-refractivity contribution in [1.29, 1.82) is 0 Å². The summed E-state index contributed by atoms with van der Waals surface area (Å²) in [5.74, 6) is 0.336. The summed E-state index contributed by atoms with van der Waals surface area (Å²) in [7, 11) is 0. The van der Waals surface area contributed by atoms with E-state index in [9.17, 15) is 4.79 Å². The highest BCUT2D eigenvalue weighted by atomic mass is 16.1. The zero-order valence-corrected chi connectivity index (χ0v) is 11.8. The molecule has 0 saturated carbocycles. The molecule has 1 unspecified atom stereocenters. The fourth-order valence-electron chi connectivity index (χ4n) is 2.09. The Hall–Kier alpha value is -0.370. The molecule has 2 N–H and O–H groups in total. The van der Waals surface area contributed by atoms with Gasteiger partial charge in [0.25, 0.3) is 0 Å². The van der Waals surface area contributed by atoms with Crippen LogP contribution in [0.2, 0.25) is 0 Å². The Morgan fingerprint density at radius 2 is 1.41 bits per heavy atom. The van der Waals surface area contributed by atoms with Crippen LogP contribution >= 0.6 is 0 Å². The van der Waals surface area contributed by atoms with Gasteiger partial charge in [0.15, 0.2) is 0 Å². The van der Waals surface area contributed by atoms with Crippen molar-refractivity contribution in [3.05, 3.63) is 0 Å². The Balaban J connectivity index is 3.10. The van der Waals surface area contributed by atoms with Crippen LogP contribution in [0.5, 0.6) is 0 Å². The van der Waals surface area contributed by atoms with Crippen molar-refractivity contribution in [2.75, 3.05) is 0 Å². The molecule has 0 radical (unpaired) electrons. The van der Waals surface area contributed by atoms with E-state index in [0.29, 0.717) is 12.2 Å². The van der Waals surface area contributed by atoms with Crippen molar-refractivity contribution < 1.29 is 4.79 Å². The van der Waals surface area contributed by atoms with Gasteiger partial charge in [-0.25, -0.2) is 0 Å². The predicted molar refractivity (Wildman–Crippen MR) is 75.1 cm³/mol. The first-order valence-electron chi connectivity index (χ1n) is 7.44. The molecule has 1 atom stereocenters. The third-order valence-electron chi connectivity index (χ3n) is 3.11. The van der Waals surface area contributed by atoms with Crippen LogP contribution in [-0.2, 0) is 4.79 Å². The monoisotopic (exact) mass is 241 g/mol. The molecule has 0 saturated heterocycles. The molecule has 102 valence electrons. The molecule has 0 bridgehead atoms. The summed E-state index contributed by atoms with van der Waals surface area (Å²) < 4.78 is 0. The van der Waals surface area contributed by atoms with Gasteiger partial charge in [-0.3, -0.25) is 4.79 Å². The van der Waals surface area contributed by atoms with Crippen LogP contribution in [0, 0.1) is 0 Å². The van der Waals surface area contributed by atoms with Gasteiger partial charge in [0.05, 0.1) is 0 Å². The predicted octanol–water partition coefficient (Wildman–Crippen LogP) is 4.21. The van der Waals surface area contributed by atoms with Crippen molar-refractivity contribution in [2.24, 2.45) is 5.73 Å². The third-order valence-corrected chi connectivity index (χ3v) is 3.11. The highest BCUT2D eigenvalue weighted by Gasteiger charge is 2.04. The van der Waals surface area contributed by atoms with Gasteiger partial charge in [0, 0.05) is 18.9 Å². The van der Waals surface area contributed by atoms with E-state index in [1.165, 1.54) is 51.4 Å². The summed E-state index contributed by atoms with van der Waals surface area (Å²) >= 11 is 0. The highest BCUT2D eigenvalue weighted by molar-refractivity contribution is 5.78. The number of carbonyl (C=O) groups excluding carboxylic acids is 1. The second-order valence-electron chi connectivity index (χ2n) is 5.30. The van der Waals surface area contributed by atoms with Crippen LogP contribution in [0.3, 0.4) is 0 Å². The first-order valence-corrected chi connectivity index (χ1v) is 7.44. The van der Waals surface area contributed by atoms with Crippen LogP contribution in [0.4, 0.5) is 0 Å². The lowest BCUT2D eigenvalue weighted by Crippen LogP contribution is -2.19. The van der Waals surface area contributed by atoms with Crippen LogP contribution in [0.25, 0.3) is 0 Å². The lowest BCUT2D eigenvalue weighted by Gasteiger charge is -2.04. The largest absolute Gasteiger partial charge is 0.328 e. The highest BCUT2D eigenvalue weighted by Crippen LogP contribution is 2.11. The number of ketones is 1. The Kier molecular flexibility index (Phi) is 11.8. The van der Waals surface area contributed by atoms with Crippen molar-refractivity contribution in [3.8, 4) is 0 Å². The molecule has 2 nitrogen and oxygen atoms in total. The van der Waals surface area contributed by atoms with E-state index < -0.39 is 0 Å². The fraction of sp³-hybridized carbons (Fsp3) is 0.933. The number of carbonyl (C=O) groups is 1. The SMILES string of the molecule is CCCCCCCCCCCC(=O)CC(C)N. The van der Waals surface area contributed by atoms with E-state index in [2.05, 4.69) is 6.92 Å². The molecule has 0 fully saturated rings. The zero-order chi connectivity index (χ0) is 12.9. The van der Waals surface area contributed by atoms with Crippen LogP contribution < -0.4 is 5.73 Å². The maximum absolute atomic E-state index is 11.4. The summed E-state index contributed by atoms with van der Waals surface area (Å²) in [5, 5.41) is 0. The van der Waals surface area contributed by atoms with Crippen LogP contribution in [0.15, 0.2) is 0 Å². The molecule has 0 heterocycles. The zero-order valence-electron chi connectivity index (χ0n) is 11.8. The molecule has 0 aliphatic heterocycles. The van der Waals surface area contributed by atoms with Gasteiger partial charge >= 0.3 is 0 Å². The number of hydrogen-bond donors (Lipinski definition) is 1. The van der Waals surface area contributed by atoms with Gasteiger partial charge in [-0.15, -0.1) is 0 Å². The average Bonchev–Trinajstić information content (AvgIpc) is 2.26.